The van der Waals surface area contributed by atoms with Crippen LogP contribution in [-0.4, -0.2) is 45.4 Å². The highest BCUT2D eigenvalue weighted by molar-refractivity contribution is 5.80. The summed E-state index contributed by atoms with van der Waals surface area (Å²) in [5.74, 6) is 0.992. The zero-order chi connectivity index (χ0) is 19.1. The third-order valence-corrected chi connectivity index (χ3v) is 4.52. The lowest BCUT2D eigenvalue weighted by Crippen LogP contribution is -2.36. The average Bonchev–Trinajstić information content (AvgIpc) is 2.73. The third kappa shape index (κ3) is 5.14. The number of hydrogen-bond donors (Lipinski definition) is 1. The number of carbonyl (C=O) groups is 1. The molecule has 1 N–H and O–H groups in total. The summed E-state index contributed by atoms with van der Waals surface area (Å²) in [6.45, 7) is 5.54. The molecule has 0 aliphatic carbocycles. The van der Waals surface area contributed by atoms with Gasteiger partial charge in [0.1, 0.15) is 0 Å². The summed E-state index contributed by atoms with van der Waals surface area (Å²) in [5.41, 5.74) is 2.23. The smallest absolute Gasteiger partial charge is 0.261 e. The van der Waals surface area contributed by atoms with E-state index < -0.39 is 6.10 Å². The molecule has 1 aliphatic heterocycles. The van der Waals surface area contributed by atoms with E-state index in [-0.39, 0.29) is 5.91 Å². The zero-order valence-corrected chi connectivity index (χ0v) is 15.8. The van der Waals surface area contributed by atoms with Gasteiger partial charge >= 0.3 is 0 Å². The maximum Gasteiger partial charge on any atom is 0.261 e. The number of benzene rings is 2. The fraction of sp³-hybridized carbons (Fsp3) is 0.381. The van der Waals surface area contributed by atoms with E-state index >= 15 is 0 Å². The number of carbonyl (C=O) groups excluding carboxylic acids is 1. The molecular weight excluding hydrogens is 344 g/mol. The molecule has 0 saturated carbocycles. The Balaban J connectivity index is 1.50. The highest BCUT2D eigenvalue weighted by Gasteiger charge is 2.16. The Morgan fingerprint density at radius 1 is 1.11 bits per heavy atom. The molecule has 1 aliphatic rings. The van der Waals surface area contributed by atoms with Crippen molar-refractivity contribution in [3.63, 3.8) is 0 Å². The zero-order valence-electron chi connectivity index (χ0n) is 15.8. The van der Waals surface area contributed by atoms with Crippen LogP contribution in [0.5, 0.6) is 11.5 Å². The molecule has 6 nitrogen and oxygen atoms in total. The summed E-state index contributed by atoms with van der Waals surface area (Å²) in [7, 11) is 1.58. The first kappa shape index (κ1) is 19.0. The Morgan fingerprint density at radius 2 is 1.78 bits per heavy atom. The fourth-order valence-corrected chi connectivity index (χ4v) is 2.94. The molecule has 2 aromatic rings. The van der Waals surface area contributed by atoms with Crippen LogP contribution in [0.3, 0.4) is 0 Å². The number of anilines is 1. The van der Waals surface area contributed by atoms with Crippen molar-refractivity contribution in [1.82, 2.24) is 5.32 Å². The van der Waals surface area contributed by atoms with Gasteiger partial charge in [-0.05, 0) is 36.8 Å². The number of rotatable bonds is 7. The summed E-state index contributed by atoms with van der Waals surface area (Å²) >= 11 is 0. The molecule has 1 heterocycles. The van der Waals surface area contributed by atoms with Crippen molar-refractivity contribution in [2.45, 2.75) is 19.6 Å². The lowest BCUT2D eigenvalue weighted by Gasteiger charge is -2.28. The maximum absolute atomic E-state index is 12.3. The number of nitrogens with one attached hydrogen (secondary N) is 1. The van der Waals surface area contributed by atoms with Crippen molar-refractivity contribution in [2.75, 3.05) is 38.3 Å². The molecule has 6 heteroatoms. The molecular formula is C21H26N2O4. The number of methoxy groups -OCH3 is 1. The van der Waals surface area contributed by atoms with Crippen LogP contribution in [0.1, 0.15) is 12.5 Å². The van der Waals surface area contributed by atoms with E-state index in [1.807, 2.05) is 24.3 Å². The van der Waals surface area contributed by atoms with Crippen molar-refractivity contribution in [3.05, 3.63) is 54.1 Å². The van der Waals surface area contributed by atoms with Crippen LogP contribution in [0.4, 0.5) is 5.69 Å². The van der Waals surface area contributed by atoms with Crippen molar-refractivity contribution >= 4 is 11.6 Å². The Kier molecular flexibility index (Phi) is 6.54. The van der Waals surface area contributed by atoms with E-state index in [9.17, 15) is 4.79 Å². The largest absolute Gasteiger partial charge is 0.493 e. The van der Waals surface area contributed by atoms with Gasteiger partial charge in [0, 0.05) is 25.3 Å². The molecule has 1 saturated heterocycles. The van der Waals surface area contributed by atoms with Crippen molar-refractivity contribution in [2.24, 2.45) is 0 Å². The van der Waals surface area contributed by atoms with E-state index in [0.717, 1.165) is 31.9 Å². The maximum atomic E-state index is 12.3. The van der Waals surface area contributed by atoms with Crippen molar-refractivity contribution < 1.29 is 19.0 Å². The van der Waals surface area contributed by atoms with Crippen LogP contribution in [0.15, 0.2) is 48.5 Å². The van der Waals surface area contributed by atoms with Crippen LogP contribution >= 0.6 is 0 Å². The van der Waals surface area contributed by atoms with Crippen molar-refractivity contribution in [1.29, 1.82) is 0 Å². The second-order valence-corrected chi connectivity index (χ2v) is 6.39. The van der Waals surface area contributed by atoms with Gasteiger partial charge < -0.3 is 24.4 Å². The summed E-state index contributed by atoms with van der Waals surface area (Å²) in [4.78, 5) is 14.6. The van der Waals surface area contributed by atoms with Gasteiger partial charge in [-0.2, -0.15) is 0 Å². The number of para-hydroxylation sites is 2. The number of morpholine rings is 1. The SMILES string of the molecule is COc1ccccc1O[C@H](C)C(=O)NCc1ccc(N2CCOCC2)cc1. The Morgan fingerprint density at radius 3 is 2.44 bits per heavy atom. The van der Waals surface area contributed by atoms with Gasteiger partial charge in [0.15, 0.2) is 17.6 Å². The van der Waals surface area contributed by atoms with E-state index in [0.29, 0.717) is 18.0 Å². The van der Waals surface area contributed by atoms with Gasteiger partial charge in [0.05, 0.1) is 20.3 Å². The molecule has 0 spiro atoms. The minimum atomic E-state index is -0.617. The van der Waals surface area contributed by atoms with E-state index in [2.05, 4.69) is 22.3 Å². The normalized spacial score (nSPS) is 15.1. The minimum Gasteiger partial charge on any atom is -0.493 e. The molecule has 144 valence electrons. The first-order valence-electron chi connectivity index (χ1n) is 9.16. The number of nitrogens with zero attached hydrogens (tertiary/aromatic N) is 1. The van der Waals surface area contributed by atoms with Gasteiger partial charge in [-0.15, -0.1) is 0 Å². The van der Waals surface area contributed by atoms with Gasteiger partial charge in [-0.25, -0.2) is 0 Å². The monoisotopic (exact) mass is 370 g/mol. The summed E-state index contributed by atoms with van der Waals surface area (Å²) in [5, 5.41) is 2.92. The second kappa shape index (κ2) is 9.28. The molecule has 3 rings (SSSR count). The van der Waals surface area contributed by atoms with Gasteiger partial charge in [0.25, 0.3) is 5.91 Å². The average molecular weight is 370 g/mol. The predicted octanol–water partition coefficient (Wildman–Crippen LogP) is 2.62. The Hall–Kier alpha value is -2.73. The Bertz CT molecular complexity index is 742. The molecule has 0 aromatic heterocycles. The third-order valence-electron chi connectivity index (χ3n) is 4.52. The second-order valence-electron chi connectivity index (χ2n) is 6.39. The van der Waals surface area contributed by atoms with Gasteiger partial charge in [-0.1, -0.05) is 24.3 Å². The van der Waals surface area contributed by atoms with Crippen molar-refractivity contribution in [3.8, 4) is 11.5 Å². The minimum absolute atomic E-state index is 0.168. The summed E-state index contributed by atoms with van der Waals surface area (Å²) in [6.07, 6.45) is -0.617. The summed E-state index contributed by atoms with van der Waals surface area (Å²) < 4.78 is 16.4. The first-order valence-corrected chi connectivity index (χ1v) is 9.16. The van der Waals surface area contributed by atoms with Crippen LogP contribution in [-0.2, 0) is 16.1 Å². The molecule has 0 unspecified atom stereocenters. The fourth-order valence-electron chi connectivity index (χ4n) is 2.94. The van der Waals surface area contributed by atoms with E-state index in [1.54, 1.807) is 26.2 Å². The highest BCUT2D eigenvalue weighted by atomic mass is 16.5. The molecule has 1 fully saturated rings. The van der Waals surface area contributed by atoms with Gasteiger partial charge in [0.2, 0.25) is 0 Å². The topological polar surface area (TPSA) is 60.0 Å². The summed E-state index contributed by atoms with van der Waals surface area (Å²) in [6, 6.07) is 15.5. The number of ether oxygens (including phenoxy) is 3. The molecule has 27 heavy (non-hydrogen) atoms. The van der Waals surface area contributed by atoms with E-state index in [4.69, 9.17) is 14.2 Å². The van der Waals surface area contributed by atoms with Crippen LogP contribution in [0, 0.1) is 0 Å². The van der Waals surface area contributed by atoms with Crippen LogP contribution < -0.4 is 19.7 Å². The standard InChI is InChI=1S/C21H26N2O4/c1-16(27-20-6-4-3-5-19(20)25-2)21(24)22-15-17-7-9-18(10-8-17)23-11-13-26-14-12-23/h3-10,16H,11-15H2,1-2H3,(H,22,24)/t16-/m1/s1. The number of hydrogen-bond acceptors (Lipinski definition) is 5. The lowest BCUT2D eigenvalue weighted by molar-refractivity contribution is -0.127. The number of amides is 1. The quantitative estimate of drug-likeness (QED) is 0.812. The molecule has 0 radical (unpaired) electrons. The molecule has 2 aromatic carbocycles. The van der Waals surface area contributed by atoms with Gasteiger partial charge in [-0.3, -0.25) is 4.79 Å². The van der Waals surface area contributed by atoms with E-state index in [1.165, 1.54) is 5.69 Å². The molecule has 1 atom stereocenters. The van der Waals surface area contributed by atoms with Crippen LogP contribution in [0.25, 0.3) is 0 Å². The molecule has 1 amide bonds. The van der Waals surface area contributed by atoms with Crippen LogP contribution in [0.2, 0.25) is 0 Å². The lowest BCUT2D eigenvalue weighted by atomic mass is 10.2. The Labute approximate surface area is 160 Å². The first-order chi connectivity index (χ1) is 13.2. The molecule has 0 bridgehead atoms. The highest BCUT2D eigenvalue weighted by Crippen LogP contribution is 2.26. The predicted molar refractivity (Wildman–Crippen MR) is 104 cm³/mol.